The average molecular weight is 375 g/mol. The maximum atomic E-state index is 12.7. The number of carbonyl (C=O) groups excluding carboxylic acids is 2. The summed E-state index contributed by atoms with van der Waals surface area (Å²) in [6, 6.07) is 6.15. The van der Waals surface area contributed by atoms with E-state index in [0.717, 1.165) is 37.0 Å². The van der Waals surface area contributed by atoms with E-state index in [1.54, 1.807) is 11.9 Å². The summed E-state index contributed by atoms with van der Waals surface area (Å²) in [5.74, 6) is 0.0835. The van der Waals surface area contributed by atoms with E-state index in [9.17, 15) is 14.9 Å². The number of amides is 2. The van der Waals surface area contributed by atoms with Crippen LogP contribution in [0.15, 0.2) is 17.5 Å². The van der Waals surface area contributed by atoms with Gasteiger partial charge in [-0.2, -0.15) is 5.26 Å². The Balaban J connectivity index is 1.51. The fourth-order valence-electron chi connectivity index (χ4n) is 3.86. The van der Waals surface area contributed by atoms with Gasteiger partial charge in [-0.15, -0.1) is 11.3 Å². The van der Waals surface area contributed by atoms with E-state index in [-0.39, 0.29) is 11.8 Å². The van der Waals surface area contributed by atoms with Crippen molar-refractivity contribution in [1.29, 1.82) is 5.26 Å². The minimum atomic E-state index is -0.633. The highest BCUT2D eigenvalue weighted by Gasteiger charge is 2.39. The van der Waals surface area contributed by atoms with Crippen molar-refractivity contribution in [2.24, 2.45) is 0 Å². The number of rotatable bonds is 4. The Labute approximate surface area is 159 Å². The quantitative estimate of drug-likeness (QED) is 0.810. The molecule has 26 heavy (non-hydrogen) atoms. The number of likely N-dealkylation sites (N-methyl/N-ethyl adjacent to an activating group) is 1. The lowest BCUT2D eigenvalue weighted by Crippen LogP contribution is -2.55. The first-order valence-corrected chi connectivity index (χ1v) is 10.2. The molecule has 1 saturated heterocycles. The van der Waals surface area contributed by atoms with Crippen molar-refractivity contribution >= 4 is 23.2 Å². The molecule has 0 bridgehead atoms. The number of hydrogen-bond donors (Lipinski definition) is 0. The van der Waals surface area contributed by atoms with Gasteiger partial charge < -0.3 is 9.80 Å². The van der Waals surface area contributed by atoms with E-state index < -0.39 is 5.54 Å². The molecular formula is C19H26N4O2S. The van der Waals surface area contributed by atoms with E-state index >= 15 is 0 Å². The number of thiophene rings is 1. The fourth-order valence-corrected chi connectivity index (χ4v) is 4.55. The predicted molar refractivity (Wildman–Crippen MR) is 101 cm³/mol. The summed E-state index contributed by atoms with van der Waals surface area (Å²) in [7, 11) is 1.77. The van der Waals surface area contributed by atoms with Crippen LogP contribution < -0.4 is 0 Å². The smallest absolute Gasteiger partial charge is 0.264 e. The number of nitriles is 1. The van der Waals surface area contributed by atoms with Gasteiger partial charge in [0, 0.05) is 33.2 Å². The van der Waals surface area contributed by atoms with Gasteiger partial charge in [-0.3, -0.25) is 14.5 Å². The first kappa shape index (κ1) is 18.9. The zero-order valence-electron chi connectivity index (χ0n) is 15.3. The van der Waals surface area contributed by atoms with Gasteiger partial charge in [-0.25, -0.2) is 0 Å². The number of carbonyl (C=O) groups is 2. The highest BCUT2D eigenvalue weighted by molar-refractivity contribution is 7.12. The molecule has 0 aromatic carbocycles. The van der Waals surface area contributed by atoms with E-state index in [1.807, 2.05) is 22.4 Å². The minimum absolute atomic E-state index is 0.00600. The molecule has 2 amide bonds. The minimum Gasteiger partial charge on any atom is -0.335 e. The lowest BCUT2D eigenvalue weighted by Gasteiger charge is -2.41. The average Bonchev–Trinajstić information content (AvgIpc) is 3.22. The highest BCUT2D eigenvalue weighted by atomic mass is 32.1. The fraction of sp³-hybridized carbons (Fsp3) is 0.632. The van der Waals surface area contributed by atoms with Crippen LogP contribution in [0.3, 0.4) is 0 Å². The number of nitrogens with zero attached hydrogens (tertiary/aromatic N) is 4. The molecule has 1 aliphatic carbocycles. The van der Waals surface area contributed by atoms with Crippen molar-refractivity contribution in [3.63, 3.8) is 0 Å². The largest absolute Gasteiger partial charge is 0.335 e. The van der Waals surface area contributed by atoms with Crippen LogP contribution in [-0.2, 0) is 4.79 Å². The first-order chi connectivity index (χ1) is 12.6. The molecule has 0 unspecified atom stereocenters. The molecule has 2 heterocycles. The van der Waals surface area contributed by atoms with Crippen molar-refractivity contribution in [1.82, 2.24) is 14.7 Å². The zero-order valence-corrected chi connectivity index (χ0v) is 16.1. The van der Waals surface area contributed by atoms with Crippen molar-refractivity contribution < 1.29 is 9.59 Å². The van der Waals surface area contributed by atoms with Gasteiger partial charge in [-0.1, -0.05) is 25.3 Å². The van der Waals surface area contributed by atoms with E-state index in [1.165, 1.54) is 11.3 Å². The van der Waals surface area contributed by atoms with E-state index in [0.29, 0.717) is 32.7 Å². The molecule has 2 aliphatic rings. The third kappa shape index (κ3) is 3.92. The van der Waals surface area contributed by atoms with Crippen molar-refractivity contribution in [3.8, 4) is 6.07 Å². The molecule has 0 atom stereocenters. The molecule has 1 saturated carbocycles. The van der Waals surface area contributed by atoms with Crippen molar-refractivity contribution in [2.45, 2.75) is 37.6 Å². The summed E-state index contributed by atoms with van der Waals surface area (Å²) in [6.45, 7) is 2.97. The van der Waals surface area contributed by atoms with Crippen LogP contribution in [0.2, 0.25) is 0 Å². The molecule has 140 valence electrons. The van der Waals surface area contributed by atoms with Gasteiger partial charge in [0.1, 0.15) is 5.54 Å². The predicted octanol–water partition coefficient (Wildman–Crippen LogP) is 2.19. The van der Waals surface area contributed by atoms with Crippen LogP contribution in [0.1, 0.15) is 41.8 Å². The molecule has 1 aromatic rings. The lowest BCUT2D eigenvalue weighted by atomic mass is 9.81. The molecular weight excluding hydrogens is 348 g/mol. The van der Waals surface area contributed by atoms with Crippen molar-refractivity contribution in [2.75, 3.05) is 39.8 Å². The molecule has 0 spiro atoms. The van der Waals surface area contributed by atoms with Crippen LogP contribution in [-0.4, -0.2) is 71.8 Å². The monoisotopic (exact) mass is 374 g/mol. The van der Waals surface area contributed by atoms with Gasteiger partial charge in [0.25, 0.3) is 5.91 Å². The molecule has 6 nitrogen and oxygen atoms in total. The van der Waals surface area contributed by atoms with E-state index in [2.05, 4.69) is 11.0 Å². The zero-order chi connectivity index (χ0) is 18.6. The van der Waals surface area contributed by atoms with Crippen molar-refractivity contribution in [3.05, 3.63) is 22.4 Å². The first-order valence-electron chi connectivity index (χ1n) is 9.29. The van der Waals surface area contributed by atoms with Crippen LogP contribution >= 0.6 is 11.3 Å². The molecule has 2 fully saturated rings. The number of hydrogen-bond acceptors (Lipinski definition) is 5. The Morgan fingerprint density at radius 2 is 1.92 bits per heavy atom. The highest BCUT2D eigenvalue weighted by Crippen LogP contribution is 2.32. The van der Waals surface area contributed by atoms with Crippen LogP contribution in [0.4, 0.5) is 0 Å². The lowest BCUT2D eigenvalue weighted by molar-refractivity contribution is -0.136. The Morgan fingerprint density at radius 3 is 2.50 bits per heavy atom. The standard InChI is InChI=1S/C19H26N4O2S/c1-21(19(15-20)7-3-2-4-8-19)17(24)14-22-9-11-23(12-10-22)18(25)16-6-5-13-26-16/h5-6,13H,2-4,7-12,14H2,1H3. The Bertz CT molecular complexity index is 668. The van der Waals surface area contributed by atoms with Crippen LogP contribution in [0.5, 0.6) is 0 Å². The van der Waals surface area contributed by atoms with Gasteiger partial charge in [0.15, 0.2) is 0 Å². The third-order valence-electron chi connectivity index (χ3n) is 5.66. The second-order valence-electron chi connectivity index (χ2n) is 7.20. The van der Waals surface area contributed by atoms with Gasteiger partial charge in [0.2, 0.25) is 5.91 Å². The normalized spacial score (nSPS) is 20.4. The Morgan fingerprint density at radius 1 is 1.23 bits per heavy atom. The Hall–Kier alpha value is -1.91. The molecule has 0 N–H and O–H groups in total. The summed E-state index contributed by atoms with van der Waals surface area (Å²) >= 11 is 1.46. The van der Waals surface area contributed by atoms with E-state index in [4.69, 9.17) is 0 Å². The maximum Gasteiger partial charge on any atom is 0.264 e. The third-order valence-corrected chi connectivity index (χ3v) is 6.51. The molecule has 7 heteroatoms. The summed E-state index contributed by atoms with van der Waals surface area (Å²) in [5.41, 5.74) is -0.633. The summed E-state index contributed by atoms with van der Waals surface area (Å²) in [4.78, 5) is 31.5. The van der Waals surface area contributed by atoms with Gasteiger partial charge in [-0.05, 0) is 24.3 Å². The Kier molecular flexibility index (Phi) is 5.94. The topological polar surface area (TPSA) is 67.7 Å². The van der Waals surface area contributed by atoms with Gasteiger partial charge >= 0.3 is 0 Å². The molecule has 0 radical (unpaired) electrons. The van der Waals surface area contributed by atoms with Gasteiger partial charge in [0.05, 0.1) is 17.5 Å². The van der Waals surface area contributed by atoms with Crippen LogP contribution in [0.25, 0.3) is 0 Å². The summed E-state index contributed by atoms with van der Waals surface area (Å²) < 4.78 is 0. The maximum absolute atomic E-state index is 12.7. The SMILES string of the molecule is CN(C(=O)CN1CCN(C(=O)c2cccs2)CC1)C1(C#N)CCCCC1. The second-order valence-corrected chi connectivity index (χ2v) is 8.15. The molecule has 3 rings (SSSR count). The second kappa shape index (κ2) is 8.19. The number of piperazine rings is 1. The molecule has 1 aliphatic heterocycles. The summed E-state index contributed by atoms with van der Waals surface area (Å²) in [6.07, 6.45) is 4.71. The molecule has 1 aromatic heterocycles. The van der Waals surface area contributed by atoms with Crippen LogP contribution in [0, 0.1) is 11.3 Å². The summed E-state index contributed by atoms with van der Waals surface area (Å²) in [5, 5.41) is 11.6.